The summed E-state index contributed by atoms with van der Waals surface area (Å²) in [6, 6.07) is 3.52. The van der Waals surface area contributed by atoms with Crippen molar-refractivity contribution < 1.29 is 4.79 Å². The topological polar surface area (TPSA) is 72.4 Å². The number of imidazole rings is 1. The molecule has 2 aromatic heterocycles. The number of carbonyl (C=O) groups is 1. The molecule has 0 aliphatic heterocycles. The zero-order chi connectivity index (χ0) is 12.4. The number of amides is 1. The van der Waals surface area contributed by atoms with Gasteiger partial charge in [0.1, 0.15) is 5.65 Å². The second-order valence-electron chi connectivity index (χ2n) is 4.21. The van der Waals surface area contributed by atoms with Gasteiger partial charge in [-0.1, -0.05) is 0 Å². The van der Waals surface area contributed by atoms with Crippen LogP contribution in [0.3, 0.4) is 0 Å². The Morgan fingerprint density at radius 1 is 1.65 bits per heavy atom. The number of fused-ring (bicyclic) bond motifs is 1. The molecule has 5 heteroatoms. The minimum Gasteiger partial charge on any atom is -0.349 e. The lowest BCUT2D eigenvalue weighted by Gasteiger charge is -2.04. The highest BCUT2D eigenvalue weighted by molar-refractivity contribution is 5.80. The van der Waals surface area contributed by atoms with Crippen molar-refractivity contribution in [2.24, 2.45) is 5.73 Å². The molecule has 1 atom stereocenters. The van der Waals surface area contributed by atoms with E-state index in [1.165, 1.54) is 0 Å². The van der Waals surface area contributed by atoms with Crippen LogP contribution in [0.25, 0.3) is 5.65 Å². The summed E-state index contributed by atoms with van der Waals surface area (Å²) >= 11 is 0. The molecule has 90 valence electrons. The molecule has 2 rings (SSSR count). The van der Waals surface area contributed by atoms with Crippen LogP contribution < -0.4 is 11.1 Å². The van der Waals surface area contributed by atoms with Crippen molar-refractivity contribution in [2.45, 2.75) is 26.4 Å². The maximum atomic E-state index is 11.3. The van der Waals surface area contributed by atoms with Crippen LogP contribution in [0.2, 0.25) is 0 Å². The molecule has 1 amide bonds. The van der Waals surface area contributed by atoms with Gasteiger partial charge < -0.3 is 15.5 Å². The molecule has 0 saturated carbocycles. The lowest BCUT2D eigenvalue weighted by molar-refractivity contribution is -0.122. The summed E-state index contributed by atoms with van der Waals surface area (Å²) in [7, 11) is 0. The van der Waals surface area contributed by atoms with E-state index < -0.39 is 6.04 Å². The minimum atomic E-state index is -0.491. The van der Waals surface area contributed by atoms with Crippen LogP contribution in [0.15, 0.2) is 24.5 Å². The van der Waals surface area contributed by atoms with Crippen LogP contribution >= 0.6 is 0 Å². The van der Waals surface area contributed by atoms with Gasteiger partial charge in [-0.05, 0) is 31.5 Å². The molecule has 0 bridgehead atoms. The average molecular weight is 232 g/mol. The smallest absolute Gasteiger partial charge is 0.236 e. The standard InChI is InChI=1S/C12H16N4O/c1-8-3-4-16-7-10(15-11(16)5-8)6-14-12(17)9(2)13/h3-5,7,9H,6,13H2,1-2H3,(H,14,17)/t9-/m1/s1. The Morgan fingerprint density at radius 3 is 3.12 bits per heavy atom. The predicted molar refractivity (Wildman–Crippen MR) is 65.4 cm³/mol. The minimum absolute atomic E-state index is 0.168. The van der Waals surface area contributed by atoms with Gasteiger partial charge in [-0.15, -0.1) is 0 Å². The Morgan fingerprint density at radius 2 is 2.41 bits per heavy atom. The van der Waals surface area contributed by atoms with Gasteiger partial charge in [0.05, 0.1) is 18.3 Å². The largest absolute Gasteiger partial charge is 0.349 e. The quantitative estimate of drug-likeness (QED) is 0.814. The summed E-state index contributed by atoms with van der Waals surface area (Å²) in [5, 5.41) is 2.73. The normalized spacial score (nSPS) is 12.6. The first-order valence-electron chi connectivity index (χ1n) is 5.54. The number of nitrogens with two attached hydrogens (primary N) is 1. The first-order chi connectivity index (χ1) is 8.06. The van der Waals surface area contributed by atoms with Crippen molar-refractivity contribution in [1.82, 2.24) is 14.7 Å². The molecule has 0 fully saturated rings. The van der Waals surface area contributed by atoms with Crippen LogP contribution in [0.4, 0.5) is 0 Å². The van der Waals surface area contributed by atoms with Gasteiger partial charge in [-0.25, -0.2) is 4.98 Å². The monoisotopic (exact) mass is 232 g/mol. The molecule has 3 N–H and O–H groups in total. The van der Waals surface area contributed by atoms with Crippen molar-refractivity contribution >= 4 is 11.6 Å². The lowest BCUT2D eigenvalue weighted by atomic mass is 10.3. The predicted octanol–water partition coefficient (Wildman–Crippen LogP) is 0.606. The molecule has 0 radical (unpaired) electrons. The molecular formula is C12H16N4O. The van der Waals surface area contributed by atoms with E-state index in [1.807, 2.05) is 35.9 Å². The molecule has 2 aromatic rings. The molecule has 5 nitrogen and oxygen atoms in total. The highest BCUT2D eigenvalue weighted by atomic mass is 16.2. The van der Waals surface area contributed by atoms with Gasteiger partial charge in [-0.3, -0.25) is 4.79 Å². The van der Waals surface area contributed by atoms with Gasteiger partial charge in [-0.2, -0.15) is 0 Å². The Hall–Kier alpha value is -1.88. The third-order valence-electron chi connectivity index (χ3n) is 2.52. The number of hydrogen-bond acceptors (Lipinski definition) is 3. The van der Waals surface area contributed by atoms with Crippen molar-refractivity contribution in [3.05, 3.63) is 35.8 Å². The number of aryl methyl sites for hydroxylation is 1. The first-order valence-corrected chi connectivity index (χ1v) is 5.54. The second-order valence-corrected chi connectivity index (χ2v) is 4.21. The number of pyridine rings is 1. The fourth-order valence-electron chi connectivity index (χ4n) is 1.56. The first kappa shape index (κ1) is 11.6. The summed E-state index contributed by atoms with van der Waals surface area (Å²) < 4.78 is 1.93. The second kappa shape index (κ2) is 4.55. The third-order valence-corrected chi connectivity index (χ3v) is 2.52. The zero-order valence-electron chi connectivity index (χ0n) is 9.97. The van der Waals surface area contributed by atoms with Gasteiger partial charge in [0, 0.05) is 12.4 Å². The maximum absolute atomic E-state index is 11.3. The fourth-order valence-corrected chi connectivity index (χ4v) is 1.56. The number of hydrogen-bond donors (Lipinski definition) is 2. The summed E-state index contributed by atoms with van der Waals surface area (Å²) in [5.74, 6) is -0.168. The van der Waals surface area contributed by atoms with Crippen LogP contribution in [-0.2, 0) is 11.3 Å². The number of aromatic nitrogens is 2. The summed E-state index contributed by atoms with van der Waals surface area (Å²) in [4.78, 5) is 15.7. The molecule has 0 saturated heterocycles. The molecule has 0 unspecified atom stereocenters. The third kappa shape index (κ3) is 2.62. The maximum Gasteiger partial charge on any atom is 0.236 e. The van der Waals surface area contributed by atoms with Crippen LogP contribution in [0.1, 0.15) is 18.2 Å². The lowest BCUT2D eigenvalue weighted by Crippen LogP contribution is -2.37. The zero-order valence-corrected chi connectivity index (χ0v) is 9.97. The SMILES string of the molecule is Cc1ccn2cc(CNC(=O)[C@@H](C)N)nc2c1. The Balaban J connectivity index is 2.12. The Kier molecular flexibility index (Phi) is 3.10. The number of carbonyl (C=O) groups excluding carboxylic acids is 1. The van der Waals surface area contributed by atoms with E-state index in [0.29, 0.717) is 6.54 Å². The van der Waals surface area contributed by atoms with Gasteiger partial charge in [0.25, 0.3) is 0 Å². The summed E-state index contributed by atoms with van der Waals surface area (Å²) in [5.41, 5.74) is 8.33. The molecule has 0 aliphatic carbocycles. The van der Waals surface area contributed by atoms with Crippen molar-refractivity contribution in [1.29, 1.82) is 0 Å². The van der Waals surface area contributed by atoms with Gasteiger partial charge in [0.2, 0.25) is 5.91 Å². The fraction of sp³-hybridized carbons (Fsp3) is 0.333. The van der Waals surface area contributed by atoms with E-state index in [4.69, 9.17) is 5.73 Å². The Bertz CT molecular complexity index is 544. The highest BCUT2D eigenvalue weighted by Gasteiger charge is 2.08. The average Bonchev–Trinajstić information content (AvgIpc) is 2.67. The van der Waals surface area contributed by atoms with Crippen LogP contribution in [-0.4, -0.2) is 21.3 Å². The van der Waals surface area contributed by atoms with Crippen LogP contribution in [0, 0.1) is 6.92 Å². The van der Waals surface area contributed by atoms with Crippen molar-refractivity contribution in [2.75, 3.05) is 0 Å². The van der Waals surface area contributed by atoms with E-state index in [9.17, 15) is 4.79 Å². The van der Waals surface area contributed by atoms with Crippen molar-refractivity contribution in [3.63, 3.8) is 0 Å². The van der Waals surface area contributed by atoms with Crippen molar-refractivity contribution in [3.8, 4) is 0 Å². The molecule has 2 heterocycles. The van der Waals surface area contributed by atoms with E-state index in [1.54, 1.807) is 6.92 Å². The summed E-state index contributed by atoms with van der Waals surface area (Å²) in [6.45, 7) is 4.08. The molecule has 0 spiro atoms. The number of nitrogens with zero attached hydrogens (tertiary/aromatic N) is 2. The van der Waals surface area contributed by atoms with Crippen LogP contribution in [0.5, 0.6) is 0 Å². The number of rotatable bonds is 3. The van der Waals surface area contributed by atoms with Gasteiger partial charge in [0.15, 0.2) is 0 Å². The molecule has 0 aromatic carbocycles. The van der Waals surface area contributed by atoms with E-state index in [0.717, 1.165) is 16.9 Å². The van der Waals surface area contributed by atoms with Gasteiger partial charge >= 0.3 is 0 Å². The number of nitrogens with one attached hydrogen (secondary N) is 1. The molecule has 0 aliphatic rings. The van der Waals surface area contributed by atoms with E-state index in [2.05, 4.69) is 10.3 Å². The van der Waals surface area contributed by atoms with E-state index >= 15 is 0 Å². The molecule has 17 heavy (non-hydrogen) atoms. The highest BCUT2D eigenvalue weighted by Crippen LogP contribution is 2.07. The summed E-state index contributed by atoms with van der Waals surface area (Å²) in [6.07, 6.45) is 3.85. The molecular weight excluding hydrogens is 216 g/mol. The van der Waals surface area contributed by atoms with E-state index in [-0.39, 0.29) is 5.91 Å². The Labute approximate surface area is 99.6 Å².